The Kier molecular flexibility index (Phi) is 6.67. The first kappa shape index (κ1) is 18.6. The van der Waals surface area contributed by atoms with E-state index < -0.39 is 11.8 Å². The quantitative estimate of drug-likeness (QED) is 0.346. The van der Waals surface area contributed by atoms with Crippen molar-refractivity contribution < 1.29 is 9.59 Å². The molecule has 0 spiro atoms. The number of halogens is 1. The van der Waals surface area contributed by atoms with E-state index in [1.165, 1.54) is 0 Å². The number of hydrogen-bond donors (Lipinski definition) is 4. The first-order valence-electron chi connectivity index (χ1n) is 7.15. The van der Waals surface area contributed by atoms with Gasteiger partial charge in [-0.3, -0.25) is 20.4 Å². The molecule has 0 fully saturated rings. The van der Waals surface area contributed by atoms with E-state index in [-0.39, 0.29) is 10.8 Å². The van der Waals surface area contributed by atoms with E-state index in [1.807, 2.05) is 12.1 Å². The maximum absolute atomic E-state index is 12.3. The third kappa shape index (κ3) is 6.02. The van der Waals surface area contributed by atoms with Crippen molar-refractivity contribution in [3.63, 3.8) is 0 Å². The number of hydrazine groups is 1. The molecule has 0 aliphatic rings. The van der Waals surface area contributed by atoms with Gasteiger partial charge in [0.25, 0.3) is 11.8 Å². The lowest BCUT2D eigenvalue weighted by Crippen LogP contribution is -2.47. The van der Waals surface area contributed by atoms with Crippen molar-refractivity contribution in [3.05, 3.63) is 75.9 Å². The molecule has 128 valence electrons. The van der Waals surface area contributed by atoms with Gasteiger partial charge >= 0.3 is 0 Å². The number of hydrogen-bond acceptors (Lipinski definition) is 3. The topological polar surface area (TPSA) is 96.2 Å². The molecule has 0 aliphatic carbocycles. The second-order valence-corrected chi connectivity index (χ2v) is 6.23. The van der Waals surface area contributed by atoms with Gasteiger partial charge in [0, 0.05) is 10.0 Å². The molecule has 0 unspecified atom stereocenters. The minimum absolute atomic E-state index is 0.0416. The highest BCUT2D eigenvalue weighted by atomic mass is 79.9. The van der Waals surface area contributed by atoms with Crippen LogP contribution in [0.5, 0.6) is 0 Å². The number of thiocarbonyl (C=S) groups is 1. The Labute approximate surface area is 158 Å². The summed E-state index contributed by atoms with van der Waals surface area (Å²) in [5.41, 5.74) is 11.2. The normalized spacial score (nSPS) is 10.7. The van der Waals surface area contributed by atoms with Gasteiger partial charge in [-0.1, -0.05) is 46.3 Å². The molecular weight excluding hydrogens is 404 g/mol. The Hall–Kier alpha value is -2.71. The summed E-state index contributed by atoms with van der Waals surface area (Å²) in [6.45, 7) is 0. The van der Waals surface area contributed by atoms with E-state index in [9.17, 15) is 9.59 Å². The molecule has 8 heteroatoms. The highest BCUT2D eigenvalue weighted by Crippen LogP contribution is 2.13. The van der Waals surface area contributed by atoms with Crippen LogP contribution in [-0.2, 0) is 4.79 Å². The van der Waals surface area contributed by atoms with E-state index in [4.69, 9.17) is 5.73 Å². The molecule has 0 aliphatic heterocycles. The highest BCUT2D eigenvalue weighted by Gasteiger charge is 2.14. The fraction of sp³-hybridized carbons (Fsp3) is 0. The fourth-order valence-electron chi connectivity index (χ4n) is 1.85. The Morgan fingerprint density at radius 1 is 1.00 bits per heavy atom. The number of nitrogens with two attached hydrogens (primary N) is 1. The van der Waals surface area contributed by atoms with Crippen LogP contribution >= 0.6 is 28.1 Å². The lowest BCUT2D eigenvalue weighted by Gasteiger charge is -2.12. The average molecular weight is 419 g/mol. The standard InChI is InChI=1S/C17H15BrN4O2S/c18-13-8-6-11(7-9-13)10-14(16(24)21-22-17(19)25)20-15(23)12-4-2-1-3-5-12/h1-10H,(H,20,23)(H,21,24)(H3,19,22,25)/b14-10-. The highest BCUT2D eigenvalue weighted by molar-refractivity contribution is 9.10. The summed E-state index contributed by atoms with van der Waals surface area (Å²) < 4.78 is 0.902. The third-order valence-electron chi connectivity index (χ3n) is 3.01. The van der Waals surface area contributed by atoms with E-state index in [0.29, 0.717) is 5.56 Å². The maximum atomic E-state index is 12.3. The van der Waals surface area contributed by atoms with Crippen LogP contribution < -0.4 is 21.9 Å². The maximum Gasteiger partial charge on any atom is 0.286 e. The summed E-state index contributed by atoms with van der Waals surface area (Å²) >= 11 is 7.99. The van der Waals surface area contributed by atoms with Gasteiger partial charge in [-0.05, 0) is 48.1 Å². The smallest absolute Gasteiger partial charge is 0.286 e. The predicted molar refractivity (Wildman–Crippen MR) is 104 cm³/mol. The number of carbonyl (C=O) groups excluding carboxylic acids is 2. The minimum Gasteiger partial charge on any atom is -0.375 e. The van der Waals surface area contributed by atoms with Crippen molar-refractivity contribution >= 4 is 51.2 Å². The molecule has 0 saturated heterocycles. The van der Waals surface area contributed by atoms with Crippen LogP contribution in [0.25, 0.3) is 6.08 Å². The number of carbonyl (C=O) groups is 2. The van der Waals surface area contributed by atoms with Crippen molar-refractivity contribution in [1.29, 1.82) is 0 Å². The lowest BCUT2D eigenvalue weighted by atomic mass is 10.1. The van der Waals surface area contributed by atoms with Gasteiger partial charge in [0.2, 0.25) is 0 Å². The summed E-state index contributed by atoms with van der Waals surface area (Å²) in [5.74, 6) is -0.991. The van der Waals surface area contributed by atoms with E-state index in [0.717, 1.165) is 10.0 Å². The number of rotatable bonds is 4. The first-order valence-corrected chi connectivity index (χ1v) is 8.35. The molecule has 0 aromatic heterocycles. The SMILES string of the molecule is NC(=S)NNC(=O)/C(=C/c1ccc(Br)cc1)NC(=O)c1ccccc1. The molecule has 0 atom stereocenters. The van der Waals surface area contributed by atoms with E-state index in [1.54, 1.807) is 48.5 Å². The Bertz CT molecular complexity index is 807. The number of benzene rings is 2. The summed E-state index contributed by atoms with van der Waals surface area (Å²) in [6.07, 6.45) is 1.55. The van der Waals surface area contributed by atoms with Crippen molar-refractivity contribution in [1.82, 2.24) is 16.2 Å². The fourth-order valence-corrected chi connectivity index (χ4v) is 2.17. The zero-order valence-corrected chi connectivity index (χ0v) is 15.4. The van der Waals surface area contributed by atoms with Gasteiger partial charge in [-0.25, -0.2) is 0 Å². The number of amides is 2. The van der Waals surface area contributed by atoms with E-state index >= 15 is 0 Å². The molecular formula is C17H15BrN4O2S. The van der Waals surface area contributed by atoms with Crippen LogP contribution in [0, 0.1) is 0 Å². The van der Waals surface area contributed by atoms with Crippen LogP contribution in [0.3, 0.4) is 0 Å². The largest absolute Gasteiger partial charge is 0.375 e. The van der Waals surface area contributed by atoms with E-state index in [2.05, 4.69) is 44.3 Å². The second kappa shape index (κ2) is 8.95. The van der Waals surface area contributed by atoms with Crippen molar-refractivity contribution in [2.75, 3.05) is 0 Å². The Morgan fingerprint density at radius 3 is 2.24 bits per heavy atom. The second-order valence-electron chi connectivity index (χ2n) is 4.87. The molecule has 25 heavy (non-hydrogen) atoms. The zero-order valence-electron chi connectivity index (χ0n) is 13.0. The third-order valence-corrected chi connectivity index (χ3v) is 3.64. The summed E-state index contributed by atoms with van der Waals surface area (Å²) in [7, 11) is 0. The zero-order chi connectivity index (χ0) is 18.2. The first-order chi connectivity index (χ1) is 12.0. The average Bonchev–Trinajstić information content (AvgIpc) is 2.61. The minimum atomic E-state index is -0.583. The predicted octanol–water partition coefficient (Wildman–Crippen LogP) is 2.08. The monoisotopic (exact) mass is 418 g/mol. The van der Waals surface area contributed by atoms with Crippen LogP contribution in [-0.4, -0.2) is 16.9 Å². The molecule has 2 aromatic carbocycles. The lowest BCUT2D eigenvalue weighted by molar-refractivity contribution is -0.118. The van der Waals surface area contributed by atoms with Crippen LogP contribution in [0.2, 0.25) is 0 Å². The number of nitrogens with one attached hydrogen (secondary N) is 3. The van der Waals surface area contributed by atoms with Crippen molar-refractivity contribution in [2.45, 2.75) is 0 Å². The van der Waals surface area contributed by atoms with Crippen LogP contribution in [0.4, 0.5) is 0 Å². The Morgan fingerprint density at radius 2 is 1.64 bits per heavy atom. The van der Waals surface area contributed by atoms with Gasteiger partial charge in [0.05, 0.1) is 0 Å². The summed E-state index contributed by atoms with van der Waals surface area (Å²) in [6, 6.07) is 15.8. The molecule has 0 heterocycles. The summed E-state index contributed by atoms with van der Waals surface area (Å²) in [4.78, 5) is 24.6. The van der Waals surface area contributed by atoms with Gasteiger partial charge in [0.15, 0.2) is 5.11 Å². The molecule has 0 bridgehead atoms. The molecule has 0 radical (unpaired) electrons. The van der Waals surface area contributed by atoms with Gasteiger partial charge in [0.1, 0.15) is 5.70 Å². The molecule has 2 rings (SSSR count). The molecule has 0 saturated carbocycles. The van der Waals surface area contributed by atoms with Gasteiger partial charge in [-0.2, -0.15) is 0 Å². The van der Waals surface area contributed by atoms with Crippen LogP contribution in [0.1, 0.15) is 15.9 Å². The van der Waals surface area contributed by atoms with Crippen molar-refractivity contribution in [2.24, 2.45) is 5.73 Å². The van der Waals surface area contributed by atoms with Crippen LogP contribution in [0.15, 0.2) is 64.8 Å². The molecule has 2 aromatic rings. The molecule has 5 N–H and O–H groups in total. The van der Waals surface area contributed by atoms with Crippen molar-refractivity contribution in [3.8, 4) is 0 Å². The Balaban J connectivity index is 2.24. The van der Waals surface area contributed by atoms with Gasteiger partial charge < -0.3 is 11.1 Å². The van der Waals surface area contributed by atoms with Gasteiger partial charge in [-0.15, -0.1) is 0 Å². The molecule has 2 amide bonds. The molecule has 6 nitrogen and oxygen atoms in total. The summed E-state index contributed by atoms with van der Waals surface area (Å²) in [5, 5.41) is 2.50.